The molecule has 2 atom stereocenters. The molecular formula is C15H20N2O5. The minimum absolute atomic E-state index is 0.172. The van der Waals surface area contributed by atoms with E-state index >= 15 is 0 Å². The second-order valence-electron chi connectivity index (χ2n) is 4.90. The number of hydrogen-bond acceptors (Lipinski definition) is 5. The highest BCUT2D eigenvalue weighted by atomic mass is 16.5. The van der Waals surface area contributed by atoms with Crippen LogP contribution in [0.3, 0.4) is 0 Å². The molecule has 0 aliphatic carbocycles. The lowest BCUT2D eigenvalue weighted by atomic mass is 10.1. The average Bonchev–Trinajstić information content (AvgIpc) is 2.45. The van der Waals surface area contributed by atoms with Crippen molar-refractivity contribution in [1.82, 2.24) is 5.32 Å². The molecule has 0 radical (unpaired) electrons. The lowest BCUT2D eigenvalue weighted by Gasteiger charge is -2.17. The number of methoxy groups -OCH3 is 1. The zero-order valence-corrected chi connectivity index (χ0v) is 12.3. The van der Waals surface area contributed by atoms with Crippen LogP contribution in [-0.4, -0.2) is 42.1 Å². The Kier molecular flexibility index (Phi) is 7.04. The highest BCUT2D eigenvalue weighted by Gasteiger charge is 2.23. The van der Waals surface area contributed by atoms with E-state index in [0.717, 1.165) is 5.56 Å². The molecule has 0 fully saturated rings. The molecule has 7 nitrogen and oxygen atoms in total. The van der Waals surface area contributed by atoms with Gasteiger partial charge in [0.25, 0.3) is 0 Å². The molecule has 0 aliphatic heterocycles. The van der Waals surface area contributed by atoms with E-state index in [1.807, 2.05) is 30.3 Å². The van der Waals surface area contributed by atoms with Crippen LogP contribution in [0.2, 0.25) is 0 Å². The molecule has 22 heavy (non-hydrogen) atoms. The fourth-order valence-electron chi connectivity index (χ4n) is 1.97. The number of esters is 1. The fraction of sp³-hybridized carbons (Fsp3) is 0.400. The van der Waals surface area contributed by atoms with Crippen molar-refractivity contribution in [1.29, 1.82) is 0 Å². The van der Waals surface area contributed by atoms with Gasteiger partial charge in [0, 0.05) is 18.9 Å². The van der Waals surface area contributed by atoms with E-state index < -0.39 is 29.9 Å². The van der Waals surface area contributed by atoms with Crippen molar-refractivity contribution in [2.24, 2.45) is 5.73 Å². The summed E-state index contributed by atoms with van der Waals surface area (Å²) in [6, 6.07) is 7.53. The summed E-state index contributed by atoms with van der Waals surface area (Å²) in [5, 5.41) is 11.1. The molecule has 0 bridgehead atoms. The van der Waals surface area contributed by atoms with Crippen LogP contribution in [0.5, 0.6) is 0 Å². The second-order valence-corrected chi connectivity index (χ2v) is 4.90. The Hall–Kier alpha value is -2.41. The monoisotopic (exact) mass is 308 g/mol. The Morgan fingerprint density at radius 1 is 1.23 bits per heavy atom. The number of amides is 1. The Bertz CT molecular complexity index is 518. The molecule has 0 spiro atoms. The third-order valence-electron chi connectivity index (χ3n) is 2.99. The predicted octanol–water partition coefficient (Wildman–Crippen LogP) is 0.0790. The van der Waals surface area contributed by atoms with Crippen LogP contribution in [0.1, 0.15) is 18.4 Å². The van der Waals surface area contributed by atoms with Gasteiger partial charge in [0.2, 0.25) is 5.91 Å². The van der Waals surface area contributed by atoms with E-state index in [1.165, 1.54) is 7.11 Å². The number of nitrogens with one attached hydrogen (secondary N) is 1. The number of rotatable bonds is 8. The van der Waals surface area contributed by atoms with Crippen molar-refractivity contribution < 1.29 is 24.2 Å². The zero-order chi connectivity index (χ0) is 16.5. The molecule has 1 amide bonds. The Morgan fingerprint density at radius 3 is 2.41 bits per heavy atom. The quantitative estimate of drug-likeness (QED) is 0.585. The van der Waals surface area contributed by atoms with Crippen LogP contribution >= 0.6 is 0 Å². The minimum Gasteiger partial charge on any atom is -0.481 e. The predicted molar refractivity (Wildman–Crippen MR) is 78.9 cm³/mol. The van der Waals surface area contributed by atoms with Crippen molar-refractivity contribution in [3.63, 3.8) is 0 Å². The normalized spacial score (nSPS) is 13.0. The van der Waals surface area contributed by atoms with Gasteiger partial charge in [-0.1, -0.05) is 30.3 Å². The lowest BCUT2D eigenvalue weighted by molar-refractivity contribution is -0.145. The Balaban J connectivity index is 2.63. The van der Waals surface area contributed by atoms with Gasteiger partial charge in [0.1, 0.15) is 6.04 Å². The first-order chi connectivity index (χ1) is 10.4. The first kappa shape index (κ1) is 17.6. The Morgan fingerprint density at radius 2 is 1.86 bits per heavy atom. The third kappa shape index (κ3) is 6.36. The van der Waals surface area contributed by atoms with Crippen molar-refractivity contribution in [3.05, 3.63) is 35.9 Å². The molecule has 4 N–H and O–H groups in total. The summed E-state index contributed by atoms with van der Waals surface area (Å²) in [6.07, 6.45) is -0.197. The maximum absolute atomic E-state index is 11.9. The van der Waals surface area contributed by atoms with E-state index in [9.17, 15) is 14.4 Å². The lowest BCUT2D eigenvalue weighted by Crippen LogP contribution is -2.45. The van der Waals surface area contributed by atoms with E-state index in [4.69, 9.17) is 10.8 Å². The number of carbonyl (C=O) groups is 3. The number of carboxylic acids is 1. The molecule has 0 saturated heterocycles. The van der Waals surface area contributed by atoms with Crippen LogP contribution < -0.4 is 11.1 Å². The Labute approximate surface area is 128 Å². The molecule has 7 heteroatoms. The van der Waals surface area contributed by atoms with Gasteiger partial charge in [-0.2, -0.15) is 0 Å². The highest BCUT2D eigenvalue weighted by Crippen LogP contribution is 2.05. The second kappa shape index (κ2) is 8.78. The molecule has 1 aromatic rings. The van der Waals surface area contributed by atoms with Gasteiger partial charge in [0.05, 0.1) is 13.5 Å². The molecule has 2 unspecified atom stereocenters. The van der Waals surface area contributed by atoms with Gasteiger partial charge >= 0.3 is 11.9 Å². The number of carboxylic acid groups (broad SMARTS) is 1. The SMILES string of the molecule is COC(=O)C(Cc1ccccc1)NC(=O)CC(N)CC(=O)O. The van der Waals surface area contributed by atoms with Crippen molar-refractivity contribution in [2.45, 2.75) is 31.3 Å². The smallest absolute Gasteiger partial charge is 0.328 e. The first-order valence-electron chi connectivity index (χ1n) is 6.81. The van der Waals surface area contributed by atoms with E-state index in [-0.39, 0.29) is 19.3 Å². The summed E-state index contributed by atoms with van der Waals surface area (Å²) < 4.78 is 4.68. The van der Waals surface area contributed by atoms with E-state index in [2.05, 4.69) is 10.1 Å². The number of carbonyl (C=O) groups excluding carboxylic acids is 2. The molecule has 0 aliphatic rings. The van der Waals surface area contributed by atoms with Crippen LogP contribution in [0, 0.1) is 0 Å². The van der Waals surface area contributed by atoms with Gasteiger partial charge in [-0.25, -0.2) is 4.79 Å². The highest BCUT2D eigenvalue weighted by molar-refractivity contribution is 5.85. The maximum Gasteiger partial charge on any atom is 0.328 e. The fourth-order valence-corrected chi connectivity index (χ4v) is 1.97. The standard InChI is InChI=1S/C15H20N2O5/c1-22-15(21)12(7-10-5-3-2-4-6-10)17-13(18)8-11(16)9-14(19)20/h2-6,11-12H,7-9,16H2,1H3,(H,17,18)(H,19,20). The summed E-state index contributed by atoms with van der Waals surface area (Å²) >= 11 is 0. The van der Waals surface area contributed by atoms with Crippen LogP contribution in [0.4, 0.5) is 0 Å². The summed E-state index contributed by atoms with van der Waals surface area (Å²) in [7, 11) is 1.24. The molecule has 0 saturated carbocycles. The van der Waals surface area contributed by atoms with Gasteiger partial charge in [-0.3, -0.25) is 9.59 Å². The van der Waals surface area contributed by atoms with Crippen molar-refractivity contribution in [3.8, 4) is 0 Å². The molecular weight excluding hydrogens is 288 g/mol. The summed E-state index contributed by atoms with van der Waals surface area (Å²) in [5.74, 6) is -2.13. The largest absolute Gasteiger partial charge is 0.481 e. The van der Waals surface area contributed by atoms with Crippen LogP contribution in [0.25, 0.3) is 0 Å². The molecule has 1 rings (SSSR count). The van der Waals surface area contributed by atoms with E-state index in [1.54, 1.807) is 0 Å². The van der Waals surface area contributed by atoms with Crippen molar-refractivity contribution >= 4 is 17.8 Å². The third-order valence-corrected chi connectivity index (χ3v) is 2.99. The van der Waals surface area contributed by atoms with Gasteiger partial charge < -0.3 is 20.9 Å². The van der Waals surface area contributed by atoms with Gasteiger partial charge in [-0.05, 0) is 5.56 Å². The topological polar surface area (TPSA) is 119 Å². The number of ether oxygens (including phenoxy) is 1. The zero-order valence-electron chi connectivity index (χ0n) is 12.3. The van der Waals surface area contributed by atoms with Crippen molar-refractivity contribution in [2.75, 3.05) is 7.11 Å². The first-order valence-corrected chi connectivity index (χ1v) is 6.81. The summed E-state index contributed by atoms with van der Waals surface area (Å²) in [5.41, 5.74) is 6.42. The van der Waals surface area contributed by atoms with Gasteiger partial charge in [0.15, 0.2) is 0 Å². The van der Waals surface area contributed by atoms with Gasteiger partial charge in [-0.15, -0.1) is 0 Å². The molecule has 0 heterocycles. The number of hydrogen-bond donors (Lipinski definition) is 3. The summed E-state index contributed by atoms with van der Waals surface area (Å²) in [4.78, 5) is 34.1. The van der Waals surface area contributed by atoms with Crippen LogP contribution in [-0.2, 0) is 25.5 Å². The molecule has 0 aromatic heterocycles. The average molecular weight is 308 g/mol. The van der Waals surface area contributed by atoms with Crippen LogP contribution in [0.15, 0.2) is 30.3 Å². The summed E-state index contributed by atoms with van der Waals surface area (Å²) in [6.45, 7) is 0. The van der Waals surface area contributed by atoms with E-state index in [0.29, 0.717) is 0 Å². The minimum atomic E-state index is -1.07. The number of nitrogens with two attached hydrogens (primary N) is 1. The number of benzene rings is 1. The maximum atomic E-state index is 11.9. The molecule has 120 valence electrons. The molecule has 1 aromatic carbocycles. The number of aliphatic carboxylic acids is 1.